The Morgan fingerprint density at radius 3 is 2.65 bits per heavy atom. The molecule has 1 unspecified atom stereocenters. The predicted molar refractivity (Wildman–Crippen MR) is 99.4 cm³/mol. The second-order valence-electron chi connectivity index (χ2n) is 6.92. The lowest BCUT2D eigenvalue weighted by molar-refractivity contribution is 0.419. The van der Waals surface area contributed by atoms with E-state index in [0.29, 0.717) is 5.25 Å². The van der Waals surface area contributed by atoms with Crippen LogP contribution in [0.5, 0.6) is 0 Å². The minimum atomic E-state index is 0.610. The topological polar surface area (TPSA) is 4.93 Å². The summed E-state index contributed by atoms with van der Waals surface area (Å²) in [5.74, 6) is 0. The summed E-state index contributed by atoms with van der Waals surface area (Å²) >= 11 is 2.07. The molecule has 1 nitrogen and oxygen atoms in total. The lowest BCUT2D eigenvalue weighted by atomic mass is 9.94. The maximum absolute atomic E-state index is 2.77. The van der Waals surface area contributed by atoms with Crippen molar-refractivity contribution in [3.63, 3.8) is 0 Å². The molecular weight excluding hydrogens is 298 g/mol. The Bertz CT molecular complexity index is 682. The van der Waals surface area contributed by atoms with Crippen molar-refractivity contribution in [3.05, 3.63) is 52.8 Å². The van der Waals surface area contributed by atoms with Crippen LogP contribution in [-0.4, -0.2) is 4.57 Å². The number of thioether (sulfide) groups is 1. The first-order valence-corrected chi connectivity index (χ1v) is 10.2. The molecule has 1 aromatic carbocycles. The van der Waals surface area contributed by atoms with Crippen molar-refractivity contribution in [2.75, 3.05) is 0 Å². The zero-order valence-electron chi connectivity index (χ0n) is 14.3. The summed E-state index contributed by atoms with van der Waals surface area (Å²) in [7, 11) is 0. The van der Waals surface area contributed by atoms with Crippen LogP contribution in [0, 0.1) is 0 Å². The predicted octanol–water partition coefficient (Wildman–Crippen LogP) is 6.12. The molecule has 23 heavy (non-hydrogen) atoms. The Balaban J connectivity index is 1.77. The van der Waals surface area contributed by atoms with Crippen LogP contribution >= 0.6 is 11.8 Å². The standard InChI is InChI=1S/C21H27NS/c1-3-17-18-12-8-9-15-13-14-19(22(15)18)21(17)20(4-2)23-16-10-6-5-7-11-16/h5-7,10-11,15,20H,3-4,8-9,12-14H2,1-2H3/t15-,20?/m1/s1. The van der Waals surface area contributed by atoms with Crippen molar-refractivity contribution < 1.29 is 0 Å². The third-order valence-electron chi connectivity index (χ3n) is 5.66. The molecule has 0 radical (unpaired) electrons. The average molecular weight is 326 g/mol. The SMILES string of the molecule is CCc1c(C(CC)Sc2ccccc2)c2n3c1CCC[C@@H]3CC2. The molecule has 2 aliphatic rings. The quantitative estimate of drug-likeness (QED) is 0.600. The molecule has 0 spiro atoms. The van der Waals surface area contributed by atoms with E-state index in [1.807, 2.05) is 0 Å². The molecule has 1 aromatic heterocycles. The summed E-state index contributed by atoms with van der Waals surface area (Å²) in [5, 5.41) is 0.610. The Hall–Kier alpha value is -1.15. The minimum absolute atomic E-state index is 0.610. The number of nitrogens with zero attached hydrogens (tertiary/aromatic N) is 1. The first-order valence-electron chi connectivity index (χ1n) is 9.29. The van der Waals surface area contributed by atoms with Gasteiger partial charge in [-0.25, -0.2) is 0 Å². The third-order valence-corrected chi connectivity index (χ3v) is 7.06. The van der Waals surface area contributed by atoms with Gasteiger partial charge in [0.1, 0.15) is 0 Å². The van der Waals surface area contributed by atoms with E-state index in [1.54, 1.807) is 22.5 Å². The molecule has 3 heterocycles. The van der Waals surface area contributed by atoms with Crippen LogP contribution in [0.25, 0.3) is 0 Å². The van der Waals surface area contributed by atoms with Gasteiger partial charge >= 0.3 is 0 Å². The van der Waals surface area contributed by atoms with Gasteiger partial charge in [0.15, 0.2) is 0 Å². The van der Waals surface area contributed by atoms with E-state index in [1.165, 1.54) is 49.8 Å². The Morgan fingerprint density at radius 1 is 1.09 bits per heavy atom. The zero-order chi connectivity index (χ0) is 15.8. The number of aromatic nitrogens is 1. The van der Waals surface area contributed by atoms with Crippen molar-refractivity contribution in [2.24, 2.45) is 0 Å². The molecule has 122 valence electrons. The largest absolute Gasteiger partial charge is 0.345 e. The molecular formula is C21H27NS. The van der Waals surface area contributed by atoms with Crippen LogP contribution in [-0.2, 0) is 19.3 Å². The molecule has 0 saturated heterocycles. The molecule has 0 bridgehead atoms. The van der Waals surface area contributed by atoms with Gasteiger partial charge in [-0.2, -0.15) is 0 Å². The summed E-state index contributed by atoms with van der Waals surface area (Å²) in [5.41, 5.74) is 6.79. The summed E-state index contributed by atoms with van der Waals surface area (Å²) in [6, 6.07) is 11.8. The Kier molecular flexibility index (Phi) is 4.27. The van der Waals surface area contributed by atoms with Gasteiger partial charge in [0.2, 0.25) is 0 Å². The smallest absolute Gasteiger partial charge is 0.0362 e. The summed E-state index contributed by atoms with van der Waals surface area (Å²) in [4.78, 5) is 1.41. The van der Waals surface area contributed by atoms with E-state index in [0.717, 1.165) is 6.04 Å². The van der Waals surface area contributed by atoms with E-state index in [9.17, 15) is 0 Å². The van der Waals surface area contributed by atoms with Crippen molar-refractivity contribution >= 4 is 11.8 Å². The summed E-state index contributed by atoms with van der Waals surface area (Å²) in [6.07, 6.45) is 9.20. The van der Waals surface area contributed by atoms with Crippen molar-refractivity contribution in [3.8, 4) is 0 Å². The molecule has 2 aliphatic heterocycles. The van der Waals surface area contributed by atoms with Gasteiger partial charge in [0.05, 0.1) is 0 Å². The highest BCUT2D eigenvalue weighted by molar-refractivity contribution is 7.99. The molecule has 0 N–H and O–H groups in total. The van der Waals surface area contributed by atoms with Gasteiger partial charge in [0, 0.05) is 27.6 Å². The highest BCUT2D eigenvalue weighted by atomic mass is 32.2. The molecule has 0 amide bonds. The zero-order valence-corrected chi connectivity index (χ0v) is 15.2. The Morgan fingerprint density at radius 2 is 1.91 bits per heavy atom. The van der Waals surface area contributed by atoms with E-state index in [4.69, 9.17) is 0 Å². The number of benzene rings is 1. The number of rotatable bonds is 5. The van der Waals surface area contributed by atoms with Crippen molar-refractivity contribution in [2.45, 2.75) is 75.0 Å². The second-order valence-corrected chi connectivity index (χ2v) is 8.20. The van der Waals surface area contributed by atoms with Crippen LogP contribution < -0.4 is 0 Å². The molecule has 4 rings (SSSR count). The highest BCUT2D eigenvalue weighted by Gasteiger charge is 2.35. The first kappa shape index (κ1) is 15.4. The fraction of sp³-hybridized carbons (Fsp3) is 0.524. The van der Waals surface area contributed by atoms with E-state index >= 15 is 0 Å². The molecule has 0 aliphatic carbocycles. The van der Waals surface area contributed by atoms with Crippen LogP contribution in [0.4, 0.5) is 0 Å². The fourth-order valence-corrected chi connectivity index (χ4v) is 5.94. The maximum Gasteiger partial charge on any atom is 0.0362 e. The van der Waals surface area contributed by atoms with Crippen LogP contribution in [0.15, 0.2) is 35.2 Å². The van der Waals surface area contributed by atoms with Crippen LogP contribution in [0.3, 0.4) is 0 Å². The van der Waals surface area contributed by atoms with Crippen molar-refractivity contribution in [1.29, 1.82) is 0 Å². The highest BCUT2D eigenvalue weighted by Crippen LogP contribution is 2.48. The summed E-state index contributed by atoms with van der Waals surface area (Å²) < 4.78 is 2.77. The average Bonchev–Trinajstić information content (AvgIpc) is 3.16. The van der Waals surface area contributed by atoms with Crippen LogP contribution in [0.2, 0.25) is 0 Å². The molecule has 2 atom stereocenters. The Labute approximate surface area is 144 Å². The molecule has 0 saturated carbocycles. The van der Waals surface area contributed by atoms with Gasteiger partial charge in [-0.05, 0) is 68.2 Å². The third kappa shape index (κ3) is 2.55. The maximum atomic E-state index is 2.77. The number of hydrogen-bond donors (Lipinski definition) is 0. The van der Waals surface area contributed by atoms with E-state index in [2.05, 4.69) is 60.5 Å². The van der Waals surface area contributed by atoms with Gasteiger partial charge in [-0.15, -0.1) is 11.8 Å². The minimum Gasteiger partial charge on any atom is -0.345 e. The molecule has 0 fully saturated rings. The van der Waals surface area contributed by atoms with Gasteiger partial charge in [0.25, 0.3) is 0 Å². The lowest BCUT2D eigenvalue weighted by Crippen LogP contribution is -2.14. The normalized spacial score (nSPS) is 20.5. The van der Waals surface area contributed by atoms with Gasteiger partial charge in [-0.3, -0.25) is 0 Å². The lowest BCUT2D eigenvalue weighted by Gasteiger charge is -2.23. The number of hydrogen-bond acceptors (Lipinski definition) is 1. The molecule has 2 aromatic rings. The second kappa shape index (κ2) is 6.39. The first-order chi connectivity index (χ1) is 11.3. The van der Waals surface area contributed by atoms with Gasteiger partial charge in [-0.1, -0.05) is 32.0 Å². The van der Waals surface area contributed by atoms with Crippen LogP contribution in [0.1, 0.15) is 73.3 Å². The molecule has 2 heteroatoms. The van der Waals surface area contributed by atoms with E-state index < -0.39 is 0 Å². The monoisotopic (exact) mass is 325 g/mol. The fourth-order valence-electron chi connectivity index (χ4n) is 4.73. The van der Waals surface area contributed by atoms with Gasteiger partial charge < -0.3 is 4.57 Å². The summed E-state index contributed by atoms with van der Waals surface area (Å²) in [6.45, 7) is 4.71. The van der Waals surface area contributed by atoms with E-state index in [-0.39, 0.29) is 0 Å². The van der Waals surface area contributed by atoms with Crippen molar-refractivity contribution in [1.82, 2.24) is 4.57 Å².